The zero-order valence-electron chi connectivity index (χ0n) is 31.0. The first-order valence-electron chi connectivity index (χ1n) is 16.7. The van der Waals surface area contributed by atoms with Gasteiger partial charge in [0, 0.05) is 12.0 Å². The molecule has 3 atom stereocenters. The molecular formula is C36H64O5Si3. The second-order valence-electron chi connectivity index (χ2n) is 17.9. The lowest BCUT2D eigenvalue weighted by Gasteiger charge is -2.43. The van der Waals surface area contributed by atoms with E-state index in [1.807, 2.05) is 6.07 Å². The zero-order valence-corrected chi connectivity index (χ0v) is 34.0. The van der Waals surface area contributed by atoms with E-state index in [1.165, 1.54) is 16.7 Å². The van der Waals surface area contributed by atoms with E-state index in [0.717, 1.165) is 24.2 Å². The van der Waals surface area contributed by atoms with Crippen LogP contribution in [0.3, 0.4) is 0 Å². The minimum absolute atomic E-state index is 0.0471. The van der Waals surface area contributed by atoms with Crippen molar-refractivity contribution < 1.29 is 22.8 Å². The number of ether oxygens (including phenoxy) is 1. The number of fused-ring (bicyclic) bond motifs is 2. The summed E-state index contributed by atoms with van der Waals surface area (Å²) in [5.74, 6) is 1.33. The molecule has 0 aliphatic heterocycles. The molecule has 1 unspecified atom stereocenters. The normalized spacial score (nSPS) is 21.0. The molecule has 0 spiro atoms. The molecular weight excluding hydrogens is 597 g/mol. The fourth-order valence-corrected chi connectivity index (χ4v) is 9.15. The monoisotopic (exact) mass is 660 g/mol. The van der Waals surface area contributed by atoms with Gasteiger partial charge in [0.05, 0.1) is 25.9 Å². The van der Waals surface area contributed by atoms with Gasteiger partial charge in [-0.15, -0.1) is 0 Å². The van der Waals surface area contributed by atoms with Crippen molar-refractivity contribution in [3.8, 4) is 5.75 Å². The summed E-state index contributed by atoms with van der Waals surface area (Å²) in [6, 6.07) is 6.30. The number of benzene rings is 1. The Morgan fingerprint density at radius 2 is 1.39 bits per heavy atom. The van der Waals surface area contributed by atoms with Crippen molar-refractivity contribution in [2.24, 2.45) is 5.92 Å². The number of carbonyl (C=O) groups is 1. The highest BCUT2D eigenvalue weighted by Gasteiger charge is 2.48. The summed E-state index contributed by atoms with van der Waals surface area (Å²) in [6.45, 7) is 35.0. The molecule has 3 rings (SSSR count). The molecule has 2 aliphatic rings. The Kier molecular flexibility index (Phi) is 10.9. The molecule has 0 radical (unpaired) electrons. The van der Waals surface area contributed by atoms with E-state index in [2.05, 4.69) is 114 Å². The van der Waals surface area contributed by atoms with Crippen LogP contribution in [0.25, 0.3) is 0 Å². The van der Waals surface area contributed by atoms with Gasteiger partial charge >= 0.3 is 0 Å². The zero-order chi connectivity index (χ0) is 33.7. The number of carbonyl (C=O) groups excluding carboxylic acids is 1. The number of Topliss-reactive ketones (excluding diaryl/α,β-unsaturated/α-hetero) is 1. The quantitative estimate of drug-likeness (QED) is 0.221. The van der Waals surface area contributed by atoms with E-state index in [1.54, 1.807) is 7.11 Å². The molecule has 44 heavy (non-hydrogen) atoms. The van der Waals surface area contributed by atoms with Crippen molar-refractivity contribution >= 4 is 30.7 Å². The molecule has 1 aromatic rings. The van der Waals surface area contributed by atoms with Gasteiger partial charge in [0.1, 0.15) is 5.75 Å². The summed E-state index contributed by atoms with van der Waals surface area (Å²) in [5, 5.41) is 0.261. The Morgan fingerprint density at radius 1 is 0.818 bits per heavy atom. The van der Waals surface area contributed by atoms with Gasteiger partial charge in [-0.1, -0.05) is 74.4 Å². The summed E-state index contributed by atoms with van der Waals surface area (Å²) >= 11 is 0. The molecule has 0 amide bonds. The standard InChI is InChI=1S/C36H64O5Si3/c1-34(2,3)42(11,12)39-24-26(40-43(13,14)35(4,5)6)20-21-28-30(37)23-25-22-29-27(18-17-19-31(29)38-10)33(32(25)28)41-44(15,16)36(7,8)9/h17-19,25-26,33H,20-24H2,1-16H3/t25-,26+,33?/m0/s1. The maximum absolute atomic E-state index is 13.9. The van der Waals surface area contributed by atoms with E-state index in [0.29, 0.717) is 19.4 Å². The van der Waals surface area contributed by atoms with Gasteiger partial charge in [-0.25, -0.2) is 0 Å². The van der Waals surface area contributed by atoms with E-state index in [9.17, 15) is 4.79 Å². The number of methoxy groups -OCH3 is 1. The minimum Gasteiger partial charge on any atom is -0.496 e. The van der Waals surface area contributed by atoms with Crippen molar-refractivity contribution in [1.29, 1.82) is 0 Å². The number of allylic oxidation sites excluding steroid dienone is 1. The lowest BCUT2D eigenvalue weighted by atomic mass is 9.78. The van der Waals surface area contributed by atoms with Crippen LogP contribution in [-0.4, -0.2) is 50.6 Å². The highest BCUT2D eigenvalue weighted by atomic mass is 28.4. The Labute approximate surface area is 273 Å². The Balaban J connectivity index is 2.04. The predicted molar refractivity (Wildman–Crippen MR) is 192 cm³/mol. The van der Waals surface area contributed by atoms with Crippen LogP contribution >= 0.6 is 0 Å². The lowest BCUT2D eigenvalue weighted by Crippen LogP contribution is -2.47. The van der Waals surface area contributed by atoms with Gasteiger partial charge in [-0.05, 0) is 102 Å². The average Bonchev–Trinajstić information content (AvgIpc) is 3.17. The molecule has 1 aromatic carbocycles. The number of rotatable bonds is 11. The van der Waals surface area contributed by atoms with Crippen LogP contribution < -0.4 is 4.74 Å². The van der Waals surface area contributed by atoms with Crippen LogP contribution in [0, 0.1) is 5.92 Å². The first-order chi connectivity index (χ1) is 19.8. The SMILES string of the molecule is COc1cccc2c1C[C@H]1CC(=O)C(CC[C@H](CO[Si](C)(C)C(C)(C)C)O[Si](C)(C)C(C)(C)C)=C1C2O[Si](C)(C)C(C)(C)C. The lowest BCUT2D eigenvalue weighted by molar-refractivity contribution is -0.115. The maximum atomic E-state index is 13.9. The summed E-state index contributed by atoms with van der Waals surface area (Å²) in [7, 11) is -4.46. The highest BCUT2D eigenvalue weighted by molar-refractivity contribution is 6.75. The minimum atomic E-state index is -2.17. The molecule has 0 N–H and O–H groups in total. The van der Waals surface area contributed by atoms with Crippen molar-refractivity contribution in [3.63, 3.8) is 0 Å². The average molecular weight is 661 g/mol. The number of hydrogen-bond acceptors (Lipinski definition) is 5. The van der Waals surface area contributed by atoms with Gasteiger partial charge in [-0.3, -0.25) is 4.79 Å². The van der Waals surface area contributed by atoms with Gasteiger partial charge < -0.3 is 18.0 Å². The Hall–Kier alpha value is -1.04. The largest absolute Gasteiger partial charge is 0.496 e. The van der Waals surface area contributed by atoms with E-state index in [4.69, 9.17) is 18.0 Å². The van der Waals surface area contributed by atoms with Gasteiger partial charge in [-0.2, -0.15) is 0 Å². The smallest absolute Gasteiger partial charge is 0.193 e. The summed E-state index contributed by atoms with van der Waals surface area (Å²) in [6.07, 6.45) is 2.57. The molecule has 0 saturated carbocycles. The molecule has 0 bridgehead atoms. The summed E-state index contributed by atoms with van der Waals surface area (Å²) in [4.78, 5) is 13.9. The van der Waals surface area contributed by atoms with Crippen molar-refractivity contribution in [2.75, 3.05) is 13.7 Å². The predicted octanol–water partition coefficient (Wildman–Crippen LogP) is 10.4. The van der Waals surface area contributed by atoms with E-state index >= 15 is 0 Å². The van der Waals surface area contributed by atoms with Gasteiger partial charge in [0.15, 0.2) is 30.7 Å². The molecule has 2 aliphatic carbocycles. The second kappa shape index (κ2) is 12.9. The molecule has 0 fully saturated rings. The second-order valence-corrected chi connectivity index (χ2v) is 32.2. The summed E-state index contributed by atoms with van der Waals surface area (Å²) in [5.41, 5.74) is 4.56. The van der Waals surface area contributed by atoms with Gasteiger partial charge in [0.2, 0.25) is 0 Å². The number of hydrogen-bond donors (Lipinski definition) is 0. The Bertz CT molecular complexity index is 1230. The third-order valence-electron chi connectivity index (χ3n) is 11.6. The first-order valence-corrected chi connectivity index (χ1v) is 25.5. The Morgan fingerprint density at radius 3 is 1.91 bits per heavy atom. The molecule has 0 aromatic heterocycles. The van der Waals surface area contributed by atoms with E-state index in [-0.39, 0.29) is 39.0 Å². The molecule has 0 saturated heterocycles. The molecule has 250 valence electrons. The highest BCUT2D eigenvalue weighted by Crippen LogP contribution is 2.53. The van der Waals surface area contributed by atoms with Crippen LogP contribution in [0.1, 0.15) is 98.8 Å². The van der Waals surface area contributed by atoms with Crippen molar-refractivity contribution in [3.05, 3.63) is 40.5 Å². The van der Waals surface area contributed by atoms with Crippen LogP contribution in [0.5, 0.6) is 5.75 Å². The third kappa shape index (κ3) is 7.91. The van der Waals surface area contributed by atoms with E-state index < -0.39 is 25.0 Å². The maximum Gasteiger partial charge on any atom is 0.193 e. The van der Waals surface area contributed by atoms with Crippen LogP contribution in [0.15, 0.2) is 29.3 Å². The molecule has 0 heterocycles. The topological polar surface area (TPSA) is 54.0 Å². The molecule has 5 nitrogen and oxygen atoms in total. The van der Waals surface area contributed by atoms with Gasteiger partial charge in [0.25, 0.3) is 0 Å². The number of ketones is 1. The third-order valence-corrected chi connectivity index (χ3v) is 25.1. The fraction of sp³-hybridized carbons (Fsp3) is 0.750. The van der Waals surface area contributed by atoms with Crippen LogP contribution in [-0.2, 0) is 24.5 Å². The first kappa shape index (κ1) is 37.4. The van der Waals surface area contributed by atoms with Crippen molar-refractivity contribution in [2.45, 2.75) is 155 Å². The van der Waals surface area contributed by atoms with Crippen LogP contribution in [0.2, 0.25) is 54.4 Å². The van der Waals surface area contributed by atoms with Crippen LogP contribution in [0.4, 0.5) is 0 Å². The van der Waals surface area contributed by atoms with Crippen molar-refractivity contribution in [1.82, 2.24) is 0 Å². The summed E-state index contributed by atoms with van der Waals surface area (Å²) < 4.78 is 26.9. The fourth-order valence-electron chi connectivity index (χ4n) is 5.55. The molecule has 8 heteroatoms.